The first kappa shape index (κ1) is 31.5. The molecule has 0 aliphatic carbocycles. The SMILES string of the molecule is [CH2]CC(F)(F)C(F)(F)C(F)(F)C(F)(F)C(F)(F)C(F)(F)C(F)(F)C(F)(F)C(F)(F)C(F)(F)F. The Balaban J connectivity index is 7.03. The van der Waals surface area contributed by atoms with Gasteiger partial charge >= 0.3 is 59.5 Å². The molecule has 0 saturated carbocycles. The van der Waals surface area contributed by atoms with E-state index in [0.29, 0.717) is 0 Å². The van der Waals surface area contributed by atoms with E-state index in [1.165, 1.54) is 0 Å². The Kier molecular flexibility index (Phi) is 7.18. The lowest BCUT2D eigenvalue weighted by Gasteiger charge is -2.44. The van der Waals surface area contributed by atoms with E-state index in [4.69, 9.17) is 0 Å². The lowest BCUT2D eigenvalue weighted by molar-refractivity contribution is -0.474. The van der Waals surface area contributed by atoms with Gasteiger partial charge in [0.1, 0.15) is 0 Å². The standard InChI is InChI=1S/C12H4F21/c1-2-3(13,14)4(15,16)5(17,18)6(19,20)7(21,22)8(23,24)9(25,26)10(27,28)11(29,30)12(31,32)33/h1-2H2. The van der Waals surface area contributed by atoms with Gasteiger partial charge in [0.15, 0.2) is 0 Å². The Morgan fingerprint density at radius 2 is 0.485 bits per heavy atom. The molecule has 0 fully saturated rings. The lowest BCUT2D eigenvalue weighted by atomic mass is 9.86. The first-order valence-electron chi connectivity index (χ1n) is 7.07. The molecular formula is C12H4F21. The van der Waals surface area contributed by atoms with Gasteiger partial charge in [-0.2, -0.15) is 92.2 Å². The molecule has 0 nitrogen and oxygen atoms in total. The summed E-state index contributed by atoms with van der Waals surface area (Å²) in [5.41, 5.74) is 0. The van der Waals surface area contributed by atoms with E-state index in [9.17, 15) is 92.2 Å². The normalized spacial score (nSPS) is 16.9. The van der Waals surface area contributed by atoms with Crippen molar-refractivity contribution < 1.29 is 92.2 Å². The topological polar surface area (TPSA) is 0 Å². The van der Waals surface area contributed by atoms with Crippen LogP contribution in [0.15, 0.2) is 0 Å². The summed E-state index contributed by atoms with van der Waals surface area (Å²) in [5, 5.41) is 0. The van der Waals surface area contributed by atoms with Gasteiger partial charge in [0.25, 0.3) is 0 Å². The second kappa shape index (κ2) is 7.51. The first-order chi connectivity index (χ1) is 13.8. The molecule has 1 radical (unpaired) electrons. The van der Waals surface area contributed by atoms with Crippen LogP contribution in [0.1, 0.15) is 6.42 Å². The van der Waals surface area contributed by atoms with Crippen molar-refractivity contribution in [2.75, 3.05) is 0 Å². The Morgan fingerprint density at radius 1 is 0.303 bits per heavy atom. The molecule has 0 spiro atoms. The third-order valence-corrected chi connectivity index (χ3v) is 3.89. The molecule has 21 heteroatoms. The van der Waals surface area contributed by atoms with Crippen molar-refractivity contribution in [1.29, 1.82) is 0 Å². The van der Waals surface area contributed by atoms with Crippen molar-refractivity contribution >= 4 is 0 Å². The van der Waals surface area contributed by atoms with E-state index in [1.807, 2.05) is 0 Å². The van der Waals surface area contributed by atoms with Crippen LogP contribution in [-0.4, -0.2) is 59.5 Å². The fourth-order valence-electron chi connectivity index (χ4n) is 1.75. The molecule has 0 N–H and O–H groups in total. The van der Waals surface area contributed by atoms with Crippen LogP contribution in [0, 0.1) is 6.92 Å². The van der Waals surface area contributed by atoms with Crippen molar-refractivity contribution in [1.82, 2.24) is 0 Å². The highest BCUT2D eigenvalue weighted by Gasteiger charge is 2.97. The molecule has 0 aromatic rings. The maximum Gasteiger partial charge on any atom is 0.460 e. The molecule has 0 unspecified atom stereocenters. The van der Waals surface area contributed by atoms with Gasteiger partial charge in [-0.1, -0.05) is 0 Å². The quantitative estimate of drug-likeness (QED) is 0.263. The number of alkyl halides is 21. The molecular weight excluding hydrogens is 543 g/mol. The maximum atomic E-state index is 13.3. The first-order valence-corrected chi connectivity index (χ1v) is 7.07. The number of hydrogen-bond acceptors (Lipinski definition) is 0. The zero-order chi connectivity index (χ0) is 27.7. The minimum Gasteiger partial charge on any atom is -0.200 e. The van der Waals surface area contributed by atoms with Gasteiger partial charge in [-0.05, 0) is 6.92 Å². The van der Waals surface area contributed by atoms with Gasteiger partial charge in [0, 0.05) is 6.42 Å². The van der Waals surface area contributed by atoms with Crippen molar-refractivity contribution in [3.63, 3.8) is 0 Å². The van der Waals surface area contributed by atoms with Crippen LogP contribution in [0.3, 0.4) is 0 Å². The van der Waals surface area contributed by atoms with Crippen molar-refractivity contribution in [2.45, 2.75) is 65.9 Å². The number of hydrogen-bond donors (Lipinski definition) is 0. The molecule has 0 heterocycles. The van der Waals surface area contributed by atoms with Crippen LogP contribution in [0.4, 0.5) is 92.2 Å². The fourth-order valence-corrected chi connectivity index (χ4v) is 1.75. The highest BCUT2D eigenvalue weighted by molar-refractivity contribution is 5.17. The zero-order valence-electron chi connectivity index (χ0n) is 14.4. The monoisotopic (exact) mass is 547 g/mol. The molecule has 0 aliphatic rings. The second-order valence-electron chi connectivity index (χ2n) is 6.05. The molecule has 0 saturated heterocycles. The van der Waals surface area contributed by atoms with Gasteiger partial charge in [-0.3, -0.25) is 0 Å². The zero-order valence-corrected chi connectivity index (χ0v) is 14.4. The van der Waals surface area contributed by atoms with Gasteiger partial charge in [-0.25, -0.2) is 0 Å². The predicted octanol–water partition coefficient (Wildman–Crippen LogP) is 7.49. The van der Waals surface area contributed by atoms with E-state index in [0.717, 1.165) is 0 Å². The second-order valence-corrected chi connectivity index (χ2v) is 6.05. The minimum absolute atomic E-state index is 1.80. The van der Waals surface area contributed by atoms with Crippen LogP contribution in [0.25, 0.3) is 0 Å². The Morgan fingerprint density at radius 3 is 0.667 bits per heavy atom. The van der Waals surface area contributed by atoms with Gasteiger partial charge in [0.2, 0.25) is 0 Å². The largest absolute Gasteiger partial charge is 0.460 e. The molecule has 199 valence electrons. The number of rotatable bonds is 9. The van der Waals surface area contributed by atoms with E-state index >= 15 is 0 Å². The molecule has 0 aromatic heterocycles. The Hall–Kier alpha value is -1.47. The summed E-state index contributed by atoms with van der Waals surface area (Å²) < 4.78 is 271. The van der Waals surface area contributed by atoms with Crippen molar-refractivity contribution in [3.8, 4) is 0 Å². The Labute approximate surface area is 166 Å². The van der Waals surface area contributed by atoms with Gasteiger partial charge in [0.05, 0.1) is 0 Å². The van der Waals surface area contributed by atoms with Crippen LogP contribution in [0.2, 0.25) is 0 Å². The van der Waals surface area contributed by atoms with Gasteiger partial charge < -0.3 is 0 Å². The van der Waals surface area contributed by atoms with Gasteiger partial charge in [-0.15, -0.1) is 0 Å². The molecule has 0 aliphatic heterocycles. The molecule has 0 amide bonds. The van der Waals surface area contributed by atoms with Crippen LogP contribution in [-0.2, 0) is 0 Å². The van der Waals surface area contributed by atoms with Crippen molar-refractivity contribution in [2.24, 2.45) is 0 Å². The molecule has 33 heavy (non-hydrogen) atoms. The van der Waals surface area contributed by atoms with E-state index in [-0.39, 0.29) is 0 Å². The van der Waals surface area contributed by atoms with E-state index in [1.54, 1.807) is 6.92 Å². The number of halogens is 21. The molecule has 0 bridgehead atoms. The highest BCUT2D eigenvalue weighted by atomic mass is 19.4. The Bertz CT molecular complexity index is 709. The highest BCUT2D eigenvalue weighted by Crippen LogP contribution is 2.66. The minimum atomic E-state index is -9.14. The average molecular weight is 547 g/mol. The third kappa shape index (κ3) is 3.65. The summed E-state index contributed by atoms with van der Waals surface area (Å²) in [6.45, 7) is 1.80. The third-order valence-electron chi connectivity index (χ3n) is 3.89. The van der Waals surface area contributed by atoms with Crippen LogP contribution < -0.4 is 0 Å². The van der Waals surface area contributed by atoms with Crippen molar-refractivity contribution in [3.05, 3.63) is 6.92 Å². The van der Waals surface area contributed by atoms with E-state index in [2.05, 4.69) is 0 Å². The molecule has 0 rings (SSSR count). The maximum absolute atomic E-state index is 13.3. The van der Waals surface area contributed by atoms with E-state index < -0.39 is 65.9 Å². The molecule has 0 atom stereocenters. The molecule has 0 aromatic carbocycles. The summed E-state index contributed by atoms with van der Waals surface area (Å²) in [6, 6.07) is 0. The summed E-state index contributed by atoms with van der Waals surface area (Å²) >= 11 is 0. The predicted molar refractivity (Wildman–Crippen MR) is 60.6 cm³/mol. The lowest BCUT2D eigenvalue weighted by Crippen LogP contribution is -2.76. The summed E-state index contributed by atoms with van der Waals surface area (Å²) in [4.78, 5) is 0. The summed E-state index contributed by atoms with van der Waals surface area (Å²) in [7, 11) is 0. The summed E-state index contributed by atoms with van der Waals surface area (Å²) in [5.74, 6) is -76.5. The van der Waals surface area contributed by atoms with Crippen LogP contribution >= 0.6 is 0 Å². The average Bonchev–Trinajstić information content (AvgIpc) is 2.59. The fraction of sp³-hybridized carbons (Fsp3) is 0.917. The summed E-state index contributed by atoms with van der Waals surface area (Å²) in [6.07, 6.45) is -10.9. The van der Waals surface area contributed by atoms with Crippen LogP contribution in [0.5, 0.6) is 0 Å². The smallest absolute Gasteiger partial charge is 0.200 e.